The van der Waals surface area contributed by atoms with Gasteiger partial charge >= 0.3 is 0 Å². The van der Waals surface area contributed by atoms with Crippen LogP contribution in [0.5, 0.6) is 0 Å². The Hall–Kier alpha value is -0.350. The number of halogens is 1. The van der Waals surface area contributed by atoms with Crippen molar-refractivity contribution in [2.75, 3.05) is 13.1 Å². The molecule has 4 heteroatoms. The molecule has 0 spiro atoms. The average molecular weight is 284 g/mol. The summed E-state index contributed by atoms with van der Waals surface area (Å²) in [6.07, 6.45) is 3.83. The van der Waals surface area contributed by atoms with E-state index in [0.717, 1.165) is 24.2 Å². The molecule has 0 aliphatic carbocycles. The van der Waals surface area contributed by atoms with Crippen LogP contribution in [0, 0.1) is 0 Å². The van der Waals surface area contributed by atoms with Crippen LogP contribution in [0.3, 0.4) is 0 Å². The molecule has 2 aliphatic rings. The molecule has 0 bridgehead atoms. The van der Waals surface area contributed by atoms with Crippen molar-refractivity contribution in [2.45, 2.75) is 44.6 Å². The Morgan fingerprint density at radius 2 is 2.31 bits per heavy atom. The number of hydrogen-bond donors (Lipinski definition) is 1. The van der Waals surface area contributed by atoms with Crippen molar-refractivity contribution >= 4 is 15.9 Å². The maximum atomic E-state index is 4.76. The van der Waals surface area contributed by atoms with Crippen molar-refractivity contribution in [3.05, 3.63) is 16.1 Å². The van der Waals surface area contributed by atoms with Gasteiger partial charge in [-0.15, -0.1) is 0 Å². The van der Waals surface area contributed by atoms with E-state index in [9.17, 15) is 0 Å². The summed E-state index contributed by atoms with van der Waals surface area (Å²) in [6.45, 7) is 5.70. The molecule has 2 unspecified atom stereocenters. The number of nitrogens with one attached hydrogen (secondary N) is 1. The van der Waals surface area contributed by atoms with Gasteiger partial charge < -0.3 is 9.88 Å². The largest absolute Gasteiger partial charge is 0.330 e. The first-order chi connectivity index (χ1) is 7.77. The van der Waals surface area contributed by atoms with Gasteiger partial charge in [0, 0.05) is 19.0 Å². The lowest BCUT2D eigenvalue weighted by atomic mass is 9.98. The van der Waals surface area contributed by atoms with Crippen LogP contribution in [-0.2, 0) is 6.54 Å². The molecule has 1 aromatic heterocycles. The van der Waals surface area contributed by atoms with E-state index >= 15 is 0 Å². The van der Waals surface area contributed by atoms with E-state index in [1.54, 1.807) is 0 Å². The fraction of sp³-hybridized carbons (Fsp3) is 0.750. The van der Waals surface area contributed by atoms with Gasteiger partial charge in [0.05, 0.1) is 5.69 Å². The first-order valence-corrected chi connectivity index (χ1v) is 7.03. The standard InChI is InChI=1S/C12H18BrN3/c1-8-3-2-6-16-10(8)11(13)15-12(16)9-4-5-14-7-9/h8-9,14H,2-7H2,1H3. The van der Waals surface area contributed by atoms with Gasteiger partial charge in [-0.2, -0.15) is 0 Å². The van der Waals surface area contributed by atoms with Gasteiger partial charge in [-0.25, -0.2) is 4.98 Å². The second kappa shape index (κ2) is 4.15. The van der Waals surface area contributed by atoms with Gasteiger partial charge in [0.2, 0.25) is 0 Å². The Morgan fingerprint density at radius 3 is 3.06 bits per heavy atom. The third-order valence-electron chi connectivity index (χ3n) is 3.90. The van der Waals surface area contributed by atoms with Gasteiger partial charge in [-0.05, 0) is 47.7 Å². The Kier molecular flexibility index (Phi) is 2.80. The summed E-state index contributed by atoms with van der Waals surface area (Å²) in [5, 5.41) is 3.43. The zero-order valence-electron chi connectivity index (χ0n) is 9.67. The Balaban J connectivity index is 2.02. The molecule has 2 aliphatic heterocycles. The zero-order chi connectivity index (χ0) is 11.1. The summed E-state index contributed by atoms with van der Waals surface area (Å²) < 4.78 is 3.55. The molecule has 1 aromatic rings. The number of imidazole rings is 1. The molecule has 0 aromatic carbocycles. The van der Waals surface area contributed by atoms with Crippen LogP contribution < -0.4 is 5.32 Å². The third-order valence-corrected chi connectivity index (χ3v) is 4.49. The highest BCUT2D eigenvalue weighted by Crippen LogP contribution is 2.36. The van der Waals surface area contributed by atoms with Crippen molar-refractivity contribution in [3.63, 3.8) is 0 Å². The molecule has 0 radical (unpaired) electrons. The van der Waals surface area contributed by atoms with E-state index < -0.39 is 0 Å². The first-order valence-electron chi connectivity index (χ1n) is 6.24. The predicted molar refractivity (Wildman–Crippen MR) is 67.8 cm³/mol. The monoisotopic (exact) mass is 283 g/mol. The Labute approximate surface area is 105 Å². The first kappa shape index (κ1) is 10.8. The maximum Gasteiger partial charge on any atom is 0.127 e. The quantitative estimate of drug-likeness (QED) is 0.859. The fourth-order valence-electron chi connectivity index (χ4n) is 3.04. The van der Waals surface area contributed by atoms with Gasteiger partial charge in [-0.1, -0.05) is 6.92 Å². The molecule has 0 saturated carbocycles. The number of rotatable bonds is 1. The van der Waals surface area contributed by atoms with Crippen LogP contribution in [-0.4, -0.2) is 22.6 Å². The van der Waals surface area contributed by atoms with Crippen molar-refractivity contribution < 1.29 is 0 Å². The smallest absolute Gasteiger partial charge is 0.127 e. The van der Waals surface area contributed by atoms with Crippen LogP contribution in [0.2, 0.25) is 0 Å². The Bertz CT molecular complexity index is 393. The molecular formula is C12H18BrN3. The SMILES string of the molecule is CC1CCCn2c(C3CCNC3)nc(Br)c21. The normalized spacial score (nSPS) is 29.4. The zero-order valence-corrected chi connectivity index (χ0v) is 11.3. The summed E-state index contributed by atoms with van der Waals surface area (Å²) >= 11 is 3.64. The van der Waals surface area contributed by atoms with Gasteiger partial charge in [0.25, 0.3) is 0 Å². The fourth-order valence-corrected chi connectivity index (χ4v) is 3.82. The van der Waals surface area contributed by atoms with Crippen molar-refractivity contribution in [2.24, 2.45) is 0 Å². The number of nitrogens with zero attached hydrogens (tertiary/aromatic N) is 2. The van der Waals surface area contributed by atoms with E-state index in [1.165, 1.54) is 30.8 Å². The molecular weight excluding hydrogens is 266 g/mol. The summed E-state index contributed by atoms with van der Waals surface area (Å²) in [5.74, 6) is 2.58. The molecule has 3 rings (SSSR count). The van der Waals surface area contributed by atoms with Crippen LogP contribution in [0.25, 0.3) is 0 Å². The molecule has 3 heterocycles. The number of hydrogen-bond acceptors (Lipinski definition) is 2. The predicted octanol–water partition coefficient (Wildman–Crippen LogP) is 2.62. The highest BCUT2D eigenvalue weighted by Gasteiger charge is 2.29. The summed E-state index contributed by atoms with van der Waals surface area (Å²) in [7, 11) is 0. The highest BCUT2D eigenvalue weighted by molar-refractivity contribution is 9.10. The molecule has 0 amide bonds. The molecule has 16 heavy (non-hydrogen) atoms. The van der Waals surface area contributed by atoms with E-state index in [2.05, 4.69) is 32.7 Å². The van der Waals surface area contributed by atoms with E-state index in [4.69, 9.17) is 4.98 Å². The highest BCUT2D eigenvalue weighted by atomic mass is 79.9. The minimum Gasteiger partial charge on any atom is -0.330 e. The lowest BCUT2D eigenvalue weighted by Crippen LogP contribution is -2.18. The van der Waals surface area contributed by atoms with Gasteiger partial charge in [-0.3, -0.25) is 0 Å². The summed E-state index contributed by atoms with van der Waals surface area (Å²) in [5.41, 5.74) is 1.42. The molecule has 2 atom stereocenters. The lowest BCUT2D eigenvalue weighted by Gasteiger charge is -2.23. The number of aromatic nitrogens is 2. The second-order valence-electron chi connectivity index (χ2n) is 5.03. The maximum absolute atomic E-state index is 4.76. The average Bonchev–Trinajstić information content (AvgIpc) is 2.86. The molecule has 3 nitrogen and oxygen atoms in total. The van der Waals surface area contributed by atoms with Crippen molar-refractivity contribution in [1.29, 1.82) is 0 Å². The van der Waals surface area contributed by atoms with Crippen LogP contribution >= 0.6 is 15.9 Å². The molecule has 1 N–H and O–H groups in total. The van der Waals surface area contributed by atoms with E-state index in [0.29, 0.717) is 11.8 Å². The minimum absolute atomic E-state index is 0.621. The van der Waals surface area contributed by atoms with Gasteiger partial charge in [0.1, 0.15) is 10.4 Å². The molecule has 1 saturated heterocycles. The number of fused-ring (bicyclic) bond motifs is 1. The third kappa shape index (κ3) is 1.63. The van der Waals surface area contributed by atoms with Gasteiger partial charge in [0.15, 0.2) is 0 Å². The summed E-state index contributed by atoms with van der Waals surface area (Å²) in [6, 6.07) is 0. The van der Waals surface area contributed by atoms with Crippen molar-refractivity contribution in [3.8, 4) is 0 Å². The van der Waals surface area contributed by atoms with Crippen LogP contribution in [0.4, 0.5) is 0 Å². The summed E-state index contributed by atoms with van der Waals surface area (Å²) in [4.78, 5) is 4.76. The minimum atomic E-state index is 0.621. The van der Waals surface area contributed by atoms with Crippen LogP contribution in [0.15, 0.2) is 4.60 Å². The second-order valence-corrected chi connectivity index (χ2v) is 5.78. The molecule has 1 fully saturated rings. The van der Waals surface area contributed by atoms with Crippen LogP contribution in [0.1, 0.15) is 49.5 Å². The lowest BCUT2D eigenvalue weighted by molar-refractivity contribution is 0.452. The molecule has 88 valence electrons. The Morgan fingerprint density at radius 1 is 1.44 bits per heavy atom. The van der Waals surface area contributed by atoms with E-state index in [1.807, 2.05) is 0 Å². The topological polar surface area (TPSA) is 29.9 Å². The van der Waals surface area contributed by atoms with E-state index in [-0.39, 0.29) is 0 Å². The van der Waals surface area contributed by atoms with Crippen molar-refractivity contribution in [1.82, 2.24) is 14.9 Å².